The molecule has 467 valence electrons. The molecule has 2 fully saturated rings. The van der Waals surface area contributed by atoms with Crippen LogP contribution in [0.15, 0.2) is 176 Å². The summed E-state index contributed by atoms with van der Waals surface area (Å²) in [5.74, 6) is 3.62. The number of hydrogen-bond donors (Lipinski definition) is 5. The van der Waals surface area contributed by atoms with E-state index < -0.39 is 23.6 Å². The number of carboxylic acids is 1. The van der Waals surface area contributed by atoms with Crippen LogP contribution in [0.2, 0.25) is 0 Å². The summed E-state index contributed by atoms with van der Waals surface area (Å²) < 4.78 is 17.6. The third-order valence-corrected chi connectivity index (χ3v) is 15.4. The maximum Gasteiger partial charge on any atom is 1.00 e. The van der Waals surface area contributed by atoms with Gasteiger partial charge >= 0.3 is 47.3 Å². The number of hydrogen-bond acceptors (Lipinski definition) is 16. The van der Waals surface area contributed by atoms with E-state index in [9.17, 15) is 19.2 Å². The van der Waals surface area contributed by atoms with Gasteiger partial charge in [0.15, 0.2) is 0 Å². The summed E-state index contributed by atoms with van der Waals surface area (Å²) in [6.45, 7) is 13.0. The molecule has 7 N–H and O–H groups in total. The van der Waals surface area contributed by atoms with E-state index in [1.165, 1.54) is 48.5 Å². The number of aromatic nitrogens is 5. The summed E-state index contributed by atoms with van der Waals surface area (Å²) >= 11 is 0. The number of carbonyl (C=O) groups excluding carboxylic acids is 3. The van der Waals surface area contributed by atoms with E-state index in [1.807, 2.05) is 86.6 Å². The fraction of sp³-hybridized carbons (Fsp3) is 0.314. The molecule has 0 aliphatic carbocycles. The average Bonchev–Trinajstić information content (AvgIpc) is 1.36. The Hall–Kier alpha value is -8.82. The first-order valence-corrected chi connectivity index (χ1v) is 30.3. The van der Waals surface area contributed by atoms with Crippen LogP contribution < -0.4 is 65.9 Å². The van der Waals surface area contributed by atoms with Gasteiger partial charge in [-0.15, -0.1) is 0 Å². The van der Waals surface area contributed by atoms with Gasteiger partial charge in [-0.05, 0) is 188 Å². The summed E-state index contributed by atoms with van der Waals surface area (Å²) in [4.78, 5) is 74.0. The normalized spacial score (nSPS) is 17.3. The Morgan fingerprint density at radius 2 is 1.16 bits per heavy atom. The van der Waals surface area contributed by atoms with Gasteiger partial charge in [-0.3, -0.25) is 34.3 Å². The second-order valence-electron chi connectivity index (χ2n) is 22.5. The number of rotatable bonds is 15. The number of amides is 2. The summed E-state index contributed by atoms with van der Waals surface area (Å²) in [6.07, 6.45) is 20.9. The number of benzene rings is 3. The number of likely N-dealkylation sites (tertiary alicyclic amines) is 1. The first-order chi connectivity index (χ1) is 43.1. The van der Waals surface area contributed by atoms with Crippen LogP contribution in [0, 0.1) is 17.8 Å². The molecule has 19 nitrogen and oxygen atoms in total. The molecule has 3 aliphatic rings. The number of Topliss-reactive ketones (excluding diaryl/α,β-unsaturated/α-hetero) is 1. The second kappa shape index (κ2) is 36.1. The van der Waals surface area contributed by atoms with Crippen molar-refractivity contribution in [1.82, 2.24) is 35.1 Å². The SMILES string of the molecule is CCc1cc(CC(=O)C(=O)O)cnc1N.CCc1cc(NC(=O)C(=O)N2C[C@@H](C)CC[C@@H]2c2cccc(Oc3cccnc3)c2)cnc1N.C[C@H]1CCC(c2cccc(Oc3cccnc3)c2)=NC1.C[C@H]1CC[C@H](c2cccc(Oc3cccnc3)c2)NC1.[B].[H-].[Na+]. The number of ketones is 1. The standard InChI is InChI=1S/C26H29N5O3.C17H20N2O.C17H18N2O.C10H12N2O3.B.Na.H/c1-3-18-12-20(14-29-24(18)27)30-25(32)26(33)31-16-17(2)9-10-23(31)19-6-4-7-21(13-19)34-22-8-5-11-28-15-22;2*1-13-7-8-17(19-11-13)14-4-2-5-15(10-14)20-16-6-3-9-18-12-16;1-2-7-3-6(5-12-9(7)11)4-8(13)10(14)15;;;/h4-8,11-15,17,23H,3,9-10,16H2,1-2H3,(H2,27,29)(H,30,32);2-6,9-10,12-13,17,19H,7-8,11H2,1H3;2-6,9-10,12-13H,7-8,11H2,1H3;3,5H,2,4H2,1H3,(H2,11,12)(H,14,15);;;/q;;;;;+1;-1/t17-,23+;13-,17+;13-;;;;/m000..../s1. The largest absolute Gasteiger partial charge is 1.00 e. The minimum Gasteiger partial charge on any atom is -1.00 e. The number of aliphatic imine (C=N–C) groups is 1. The summed E-state index contributed by atoms with van der Waals surface area (Å²) in [6, 6.07) is 39.0. The van der Waals surface area contributed by atoms with Crippen molar-refractivity contribution >= 4 is 55.0 Å². The number of ether oxygens (including phenoxy) is 3. The zero-order chi connectivity index (χ0) is 63.1. The Bertz CT molecular complexity index is 3670. The molecule has 11 rings (SSSR count). The van der Waals surface area contributed by atoms with Gasteiger partial charge in [-0.1, -0.05) is 77.1 Å². The van der Waals surface area contributed by atoms with E-state index in [2.05, 4.69) is 91.6 Å². The van der Waals surface area contributed by atoms with Crippen LogP contribution >= 0.6 is 0 Å². The molecule has 91 heavy (non-hydrogen) atoms. The van der Waals surface area contributed by atoms with Crippen molar-refractivity contribution in [2.45, 2.75) is 104 Å². The zero-order valence-electron chi connectivity index (χ0n) is 53.7. The fourth-order valence-electron chi connectivity index (χ4n) is 10.4. The Morgan fingerprint density at radius 3 is 1.70 bits per heavy atom. The summed E-state index contributed by atoms with van der Waals surface area (Å²) in [5, 5.41) is 14.7. The number of nitrogen functional groups attached to an aromatic ring is 2. The Kier molecular flexibility index (Phi) is 28.3. The molecule has 0 saturated carbocycles. The van der Waals surface area contributed by atoms with Gasteiger partial charge < -0.3 is 47.7 Å². The maximum atomic E-state index is 13.3. The molecule has 2 amide bonds. The number of piperidine rings is 2. The van der Waals surface area contributed by atoms with Crippen molar-refractivity contribution in [3.63, 3.8) is 0 Å². The second-order valence-corrected chi connectivity index (χ2v) is 22.5. The molecule has 0 bridgehead atoms. The van der Waals surface area contributed by atoms with Crippen LogP contribution in [-0.4, -0.2) is 92.3 Å². The van der Waals surface area contributed by atoms with E-state index in [0.29, 0.717) is 71.6 Å². The Labute approximate surface area is 558 Å². The molecule has 0 unspecified atom stereocenters. The molecule has 8 aromatic rings. The van der Waals surface area contributed by atoms with Gasteiger partial charge in [0.2, 0.25) is 5.78 Å². The number of aryl methyl sites for hydroxylation is 2. The van der Waals surface area contributed by atoms with Crippen molar-refractivity contribution in [3.05, 3.63) is 204 Å². The smallest absolute Gasteiger partial charge is 1.00 e. The van der Waals surface area contributed by atoms with Crippen molar-refractivity contribution in [2.24, 2.45) is 22.7 Å². The molecule has 3 aliphatic heterocycles. The molecule has 21 heteroatoms. The van der Waals surface area contributed by atoms with Gasteiger partial charge in [0, 0.05) is 64.5 Å². The molecule has 8 heterocycles. The molecule has 3 aromatic carbocycles. The Balaban J connectivity index is 0.000000231. The van der Waals surface area contributed by atoms with Gasteiger partial charge in [-0.25, -0.2) is 14.8 Å². The van der Waals surface area contributed by atoms with Gasteiger partial charge in [0.05, 0.1) is 36.5 Å². The van der Waals surface area contributed by atoms with E-state index >= 15 is 0 Å². The third kappa shape index (κ3) is 22.0. The number of carboxylic acid groups (broad SMARTS) is 1. The van der Waals surface area contributed by atoms with Gasteiger partial charge in [0.1, 0.15) is 46.1 Å². The summed E-state index contributed by atoms with van der Waals surface area (Å²) in [5.41, 5.74) is 18.7. The van der Waals surface area contributed by atoms with Crippen LogP contribution in [0.3, 0.4) is 0 Å². The maximum absolute atomic E-state index is 13.3. The Morgan fingerprint density at radius 1 is 0.626 bits per heavy atom. The van der Waals surface area contributed by atoms with Crippen LogP contribution in [0.5, 0.6) is 34.5 Å². The topological polar surface area (TPSA) is 272 Å². The van der Waals surface area contributed by atoms with Crippen molar-refractivity contribution < 1.29 is 69.5 Å². The number of anilines is 3. The monoisotopic (exact) mass is 1240 g/mol. The summed E-state index contributed by atoms with van der Waals surface area (Å²) in [7, 11) is 0. The predicted molar refractivity (Wildman–Crippen MR) is 352 cm³/mol. The molecule has 3 radical (unpaired) electrons. The number of carbonyl (C=O) groups is 4. The van der Waals surface area contributed by atoms with Crippen LogP contribution in [0.4, 0.5) is 17.3 Å². The van der Waals surface area contributed by atoms with Crippen molar-refractivity contribution in [3.8, 4) is 34.5 Å². The molecule has 5 aromatic heterocycles. The zero-order valence-corrected chi connectivity index (χ0v) is 54.7. The molecular formula is C70H80BN11NaO8. The van der Waals surface area contributed by atoms with Crippen LogP contribution in [0.1, 0.15) is 120 Å². The van der Waals surface area contributed by atoms with Crippen LogP contribution in [-0.2, 0) is 38.4 Å². The predicted octanol–water partition coefficient (Wildman–Crippen LogP) is 9.54. The average molecular weight is 1240 g/mol. The number of aliphatic carboxylic acids is 1. The van der Waals surface area contributed by atoms with E-state index in [4.69, 9.17) is 30.8 Å². The minimum absolute atomic E-state index is 0. The first-order valence-electron chi connectivity index (χ1n) is 30.3. The van der Waals surface area contributed by atoms with Crippen molar-refractivity contribution in [1.29, 1.82) is 0 Å². The van der Waals surface area contributed by atoms with E-state index in [0.717, 1.165) is 78.0 Å². The quantitative estimate of drug-likeness (QED) is 0.0472. The third-order valence-electron chi connectivity index (χ3n) is 15.4. The molecule has 5 atom stereocenters. The molecular weight excluding hydrogens is 1160 g/mol. The molecule has 2 saturated heterocycles. The van der Waals surface area contributed by atoms with E-state index in [1.54, 1.807) is 60.3 Å². The molecule has 0 spiro atoms. The van der Waals surface area contributed by atoms with Gasteiger partial charge in [-0.2, -0.15) is 0 Å². The van der Waals surface area contributed by atoms with Crippen LogP contribution in [0.25, 0.3) is 0 Å². The number of nitrogens with two attached hydrogens (primary N) is 2. The first kappa shape index (κ1) is 71.3. The number of nitrogens with one attached hydrogen (secondary N) is 2. The number of pyridine rings is 5. The van der Waals surface area contributed by atoms with Gasteiger partial charge in [0.25, 0.3) is 0 Å². The number of nitrogens with zero attached hydrogens (tertiary/aromatic N) is 7. The fourth-order valence-corrected chi connectivity index (χ4v) is 10.4. The van der Waals surface area contributed by atoms with Crippen molar-refractivity contribution in [2.75, 3.05) is 36.4 Å². The van der Waals surface area contributed by atoms with E-state index in [-0.39, 0.29) is 51.9 Å². The minimum atomic E-state index is -1.43.